The lowest BCUT2D eigenvalue weighted by Crippen LogP contribution is -2.14. The molecule has 6 heteroatoms. The van der Waals surface area contributed by atoms with Gasteiger partial charge in [-0.2, -0.15) is 0 Å². The quantitative estimate of drug-likeness (QED) is 0.851. The molecule has 0 aliphatic carbocycles. The molecule has 0 heterocycles. The highest BCUT2D eigenvalue weighted by atomic mass is 79.9. The summed E-state index contributed by atoms with van der Waals surface area (Å²) in [6.45, 7) is 1.92. The maximum atomic E-state index is 12.6. The number of aryl methyl sites for hydroxylation is 1. The molecule has 23 heavy (non-hydrogen) atoms. The first-order valence-corrected chi connectivity index (χ1v) is 7.67. The maximum Gasteiger partial charge on any atom is 0.259 e. The van der Waals surface area contributed by atoms with Gasteiger partial charge in [-0.1, -0.05) is 15.9 Å². The molecule has 2 aromatic rings. The van der Waals surface area contributed by atoms with Crippen molar-refractivity contribution in [3.05, 3.63) is 45.9 Å². The number of hydrogen-bond acceptors (Lipinski definition) is 4. The Morgan fingerprint density at radius 3 is 2.26 bits per heavy atom. The van der Waals surface area contributed by atoms with Crippen molar-refractivity contribution in [2.75, 3.05) is 26.6 Å². The summed E-state index contributed by atoms with van der Waals surface area (Å²) in [5.74, 6) is 0.934. The van der Waals surface area contributed by atoms with Gasteiger partial charge in [0.1, 0.15) is 0 Å². The molecule has 2 aromatic carbocycles. The zero-order valence-corrected chi connectivity index (χ0v) is 15.0. The topological polar surface area (TPSA) is 56.8 Å². The van der Waals surface area contributed by atoms with Crippen molar-refractivity contribution < 1.29 is 19.0 Å². The highest BCUT2D eigenvalue weighted by Gasteiger charge is 2.21. The molecule has 0 spiro atoms. The number of rotatable bonds is 5. The van der Waals surface area contributed by atoms with Crippen molar-refractivity contribution in [3.63, 3.8) is 0 Å². The molecule has 2 rings (SSSR count). The Balaban J connectivity index is 2.39. The van der Waals surface area contributed by atoms with Crippen LogP contribution in [0.5, 0.6) is 17.2 Å². The monoisotopic (exact) mass is 379 g/mol. The van der Waals surface area contributed by atoms with E-state index < -0.39 is 0 Å². The van der Waals surface area contributed by atoms with Crippen LogP contribution < -0.4 is 19.5 Å². The average Bonchev–Trinajstić information content (AvgIpc) is 2.55. The van der Waals surface area contributed by atoms with Crippen LogP contribution in [0.3, 0.4) is 0 Å². The minimum absolute atomic E-state index is 0.284. The summed E-state index contributed by atoms with van der Waals surface area (Å²) in [5.41, 5.74) is 2.05. The zero-order chi connectivity index (χ0) is 17.0. The van der Waals surface area contributed by atoms with Gasteiger partial charge in [0.2, 0.25) is 5.75 Å². The van der Waals surface area contributed by atoms with Gasteiger partial charge in [-0.05, 0) is 42.8 Å². The van der Waals surface area contributed by atoms with E-state index in [2.05, 4.69) is 21.2 Å². The molecular formula is C17H18BrNO4. The second-order valence-corrected chi connectivity index (χ2v) is 5.71. The van der Waals surface area contributed by atoms with Gasteiger partial charge >= 0.3 is 0 Å². The molecule has 0 bridgehead atoms. The van der Waals surface area contributed by atoms with E-state index in [1.165, 1.54) is 21.3 Å². The number of carbonyl (C=O) groups is 1. The Bertz CT molecular complexity index is 731. The number of nitrogens with one attached hydrogen (secondary N) is 1. The van der Waals surface area contributed by atoms with E-state index in [1.54, 1.807) is 12.1 Å². The molecule has 0 aliphatic rings. The standard InChI is InChI=1S/C17H18BrNO4/c1-10-9-11(18)5-7-13(10)19-17(20)12-6-8-14(21-2)16(23-4)15(12)22-3/h5-9H,1-4H3,(H,19,20). The van der Waals surface area contributed by atoms with Crippen LogP contribution in [0.1, 0.15) is 15.9 Å². The van der Waals surface area contributed by atoms with Crippen LogP contribution in [0.2, 0.25) is 0 Å². The minimum Gasteiger partial charge on any atom is -0.493 e. The van der Waals surface area contributed by atoms with Crippen LogP contribution in [0.25, 0.3) is 0 Å². The summed E-state index contributed by atoms with van der Waals surface area (Å²) in [6, 6.07) is 8.95. The number of carbonyl (C=O) groups excluding carboxylic acids is 1. The Morgan fingerprint density at radius 2 is 1.70 bits per heavy atom. The number of halogens is 1. The molecule has 0 unspecified atom stereocenters. The van der Waals surface area contributed by atoms with Crippen molar-refractivity contribution in [2.24, 2.45) is 0 Å². The molecule has 0 saturated carbocycles. The van der Waals surface area contributed by atoms with E-state index in [0.29, 0.717) is 22.8 Å². The van der Waals surface area contributed by atoms with Gasteiger partial charge in [0.25, 0.3) is 5.91 Å². The van der Waals surface area contributed by atoms with Gasteiger partial charge in [0.05, 0.1) is 26.9 Å². The molecule has 1 amide bonds. The maximum absolute atomic E-state index is 12.6. The van der Waals surface area contributed by atoms with Gasteiger partial charge in [-0.25, -0.2) is 0 Å². The van der Waals surface area contributed by atoms with Crippen LogP contribution in [0.15, 0.2) is 34.8 Å². The summed E-state index contributed by atoms with van der Waals surface area (Å²) in [6.07, 6.45) is 0. The van der Waals surface area contributed by atoms with Crippen LogP contribution in [-0.4, -0.2) is 27.2 Å². The van der Waals surface area contributed by atoms with Gasteiger partial charge in [-0.3, -0.25) is 4.79 Å². The average molecular weight is 380 g/mol. The fourth-order valence-electron chi connectivity index (χ4n) is 2.24. The van der Waals surface area contributed by atoms with E-state index in [9.17, 15) is 4.79 Å². The predicted molar refractivity (Wildman–Crippen MR) is 92.9 cm³/mol. The van der Waals surface area contributed by atoms with Gasteiger partial charge in [0.15, 0.2) is 11.5 Å². The zero-order valence-electron chi connectivity index (χ0n) is 13.4. The summed E-state index contributed by atoms with van der Waals surface area (Å²) >= 11 is 3.40. The minimum atomic E-state index is -0.284. The summed E-state index contributed by atoms with van der Waals surface area (Å²) in [7, 11) is 4.52. The third-order valence-electron chi connectivity index (χ3n) is 3.39. The van der Waals surface area contributed by atoms with Crippen molar-refractivity contribution >= 4 is 27.5 Å². The van der Waals surface area contributed by atoms with Gasteiger partial charge < -0.3 is 19.5 Å². The predicted octanol–water partition coefficient (Wildman–Crippen LogP) is 4.04. The third-order valence-corrected chi connectivity index (χ3v) is 3.88. The fraction of sp³-hybridized carbons (Fsp3) is 0.235. The number of anilines is 1. The lowest BCUT2D eigenvalue weighted by molar-refractivity contribution is 0.102. The third kappa shape index (κ3) is 3.59. The molecule has 122 valence electrons. The van der Waals surface area contributed by atoms with Crippen LogP contribution in [-0.2, 0) is 0 Å². The SMILES string of the molecule is COc1ccc(C(=O)Nc2ccc(Br)cc2C)c(OC)c1OC. The lowest BCUT2D eigenvalue weighted by atomic mass is 10.1. The second kappa shape index (κ2) is 7.37. The van der Waals surface area contributed by atoms with Crippen molar-refractivity contribution in [1.29, 1.82) is 0 Å². The summed E-state index contributed by atoms with van der Waals surface area (Å²) in [5, 5.41) is 2.88. The number of amides is 1. The Hall–Kier alpha value is -2.21. The Morgan fingerprint density at radius 1 is 1.00 bits per heavy atom. The molecule has 5 nitrogen and oxygen atoms in total. The molecule has 0 radical (unpaired) electrons. The number of ether oxygens (including phenoxy) is 3. The highest BCUT2D eigenvalue weighted by Crippen LogP contribution is 2.40. The first-order valence-electron chi connectivity index (χ1n) is 6.88. The second-order valence-electron chi connectivity index (χ2n) is 4.80. The van der Waals surface area contributed by atoms with Crippen molar-refractivity contribution in [1.82, 2.24) is 0 Å². The van der Waals surface area contributed by atoms with Crippen LogP contribution in [0.4, 0.5) is 5.69 Å². The van der Waals surface area contributed by atoms with E-state index in [0.717, 1.165) is 15.7 Å². The number of methoxy groups -OCH3 is 3. The smallest absolute Gasteiger partial charge is 0.259 e. The molecule has 0 fully saturated rings. The van der Waals surface area contributed by atoms with E-state index in [1.807, 2.05) is 25.1 Å². The number of hydrogen-bond donors (Lipinski definition) is 1. The highest BCUT2D eigenvalue weighted by molar-refractivity contribution is 9.10. The molecule has 0 saturated heterocycles. The van der Waals surface area contributed by atoms with E-state index >= 15 is 0 Å². The molecule has 0 atom stereocenters. The van der Waals surface area contributed by atoms with Gasteiger partial charge in [0, 0.05) is 10.2 Å². The van der Waals surface area contributed by atoms with E-state index in [-0.39, 0.29) is 5.91 Å². The Kier molecular flexibility index (Phi) is 5.50. The fourth-order valence-corrected chi connectivity index (χ4v) is 2.71. The van der Waals surface area contributed by atoms with Crippen LogP contribution >= 0.6 is 15.9 Å². The van der Waals surface area contributed by atoms with Crippen molar-refractivity contribution in [2.45, 2.75) is 6.92 Å². The first-order chi connectivity index (χ1) is 11.0. The van der Waals surface area contributed by atoms with Gasteiger partial charge in [-0.15, -0.1) is 0 Å². The number of benzene rings is 2. The molecule has 1 N–H and O–H groups in total. The molecule has 0 aliphatic heterocycles. The largest absolute Gasteiger partial charge is 0.493 e. The molecule has 0 aromatic heterocycles. The molecular weight excluding hydrogens is 362 g/mol. The van der Waals surface area contributed by atoms with Crippen LogP contribution in [0, 0.1) is 6.92 Å². The summed E-state index contributed by atoms with van der Waals surface area (Å²) < 4.78 is 16.8. The normalized spacial score (nSPS) is 10.1. The lowest BCUT2D eigenvalue weighted by Gasteiger charge is -2.16. The first kappa shape index (κ1) is 17.1. The van der Waals surface area contributed by atoms with E-state index in [4.69, 9.17) is 14.2 Å². The Labute approximate surface area is 143 Å². The summed E-state index contributed by atoms with van der Waals surface area (Å²) in [4.78, 5) is 12.6. The van der Waals surface area contributed by atoms with Crippen molar-refractivity contribution in [3.8, 4) is 17.2 Å².